The first-order valence-corrected chi connectivity index (χ1v) is 5.85. The molecule has 3 nitrogen and oxygen atoms in total. The van der Waals surface area contributed by atoms with E-state index in [1.807, 2.05) is 31.2 Å². The molecule has 0 unspecified atom stereocenters. The van der Waals surface area contributed by atoms with Crippen LogP contribution in [0.15, 0.2) is 30.5 Å². The number of nitrogens with zero attached hydrogens (tertiary/aromatic N) is 1. The molecule has 18 heavy (non-hydrogen) atoms. The van der Waals surface area contributed by atoms with Gasteiger partial charge in [-0.1, -0.05) is 24.4 Å². The van der Waals surface area contributed by atoms with Gasteiger partial charge in [0.2, 0.25) is 0 Å². The topological polar surface area (TPSA) is 48.8 Å². The summed E-state index contributed by atoms with van der Waals surface area (Å²) in [5, 5.41) is 9.25. The second kappa shape index (κ2) is 5.03. The van der Waals surface area contributed by atoms with Crippen LogP contribution in [0.3, 0.4) is 0 Å². The molecule has 2 rings (SSSR count). The monoisotopic (exact) mass is 256 g/mol. The quantitative estimate of drug-likeness (QED) is 0.835. The van der Waals surface area contributed by atoms with Gasteiger partial charge in [-0.15, -0.1) is 0 Å². The number of aromatic amines is 1. The third kappa shape index (κ3) is 2.13. The predicted molar refractivity (Wildman–Crippen MR) is 73.1 cm³/mol. The van der Waals surface area contributed by atoms with E-state index in [1.165, 1.54) is 0 Å². The van der Waals surface area contributed by atoms with Crippen molar-refractivity contribution in [2.75, 3.05) is 7.11 Å². The van der Waals surface area contributed by atoms with Gasteiger partial charge in [-0.25, -0.2) is 0 Å². The Morgan fingerprint density at radius 1 is 1.28 bits per heavy atom. The molecule has 90 valence electrons. The van der Waals surface area contributed by atoms with Crippen LogP contribution in [-0.4, -0.2) is 12.1 Å². The lowest BCUT2D eigenvalue weighted by molar-refractivity contribution is 0.415. The highest BCUT2D eigenvalue weighted by molar-refractivity contribution is 7.71. The number of nitrogens with one attached hydrogen (secondary N) is 1. The smallest absolute Gasteiger partial charge is 0.118 e. The SMILES string of the molecule is COc1ccc(-c2c(C#N)c(C)c[nH]c2=S)cc1. The standard InChI is InChI=1S/C14H12N2OS/c1-9-8-16-14(18)13(12(9)7-15)10-3-5-11(17-2)6-4-10/h3-6,8H,1-2H3,(H,16,18). The van der Waals surface area contributed by atoms with Crippen LogP contribution in [0.2, 0.25) is 0 Å². The van der Waals surface area contributed by atoms with Crippen molar-refractivity contribution in [1.29, 1.82) is 5.26 Å². The van der Waals surface area contributed by atoms with Crippen LogP contribution in [0.25, 0.3) is 11.1 Å². The van der Waals surface area contributed by atoms with Gasteiger partial charge in [-0.05, 0) is 30.2 Å². The van der Waals surface area contributed by atoms with Gasteiger partial charge >= 0.3 is 0 Å². The number of pyridine rings is 1. The second-order valence-corrected chi connectivity index (χ2v) is 4.30. The molecular weight excluding hydrogens is 244 g/mol. The molecule has 1 aromatic carbocycles. The van der Waals surface area contributed by atoms with Crippen LogP contribution in [-0.2, 0) is 0 Å². The van der Waals surface area contributed by atoms with E-state index in [4.69, 9.17) is 17.0 Å². The Kier molecular flexibility index (Phi) is 3.45. The summed E-state index contributed by atoms with van der Waals surface area (Å²) in [6.45, 7) is 1.89. The maximum absolute atomic E-state index is 9.25. The van der Waals surface area contributed by atoms with Gasteiger partial charge in [0.25, 0.3) is 0 Å². The zero-order chi connectivity index (χ0) is 13.1. The summed E-state index contributed by atoms with van der Waals surface area (Å²) in [5.41, 5.74) is 3.19. The average molecular weight is 256 g/mol. The van der Waals surface area contributed by atoms with Gasteiger partial charge in [-0.3, -0.25) is 0 Å². The van der Waals surface area contributed by atoms with Crippen molar-refractivity contribution in [3.8, 4) is 22.9 Å². The van der Waals surface area contributed by atoms with Gasteiger partial charge in [-0.2, -0.15) is 5.26 Å². The van der Waals surface area contributed by atoms with E-state index in [2.05, 4.69) is 11.1 Å². The molecule has 0 aliphatic heterocycles. The Morgan fingerprint density at radius 2 is 1.94 bits per heavy atom. The number of rotatable bonds is 2. The van der Waals surface area contributed by atoms with Gasteiger partial charge < -0.3 is 9.72 Å². The minimum absolute atomic E-state index is 0.572. The Labute approximate surface area is 111 Å². The van der Waals surface area contributed by atoms with Crippen LogP contribution in [0, 0.1) is 22.9 Å². The van der Waals surface area contributed by atoms with E-state index in [1.54, 1.807) is 13.3 Å². The lowest BCUT2D eigenvalue weighted by atomic mass is 10.00. The van der Waals surface area contributed by atoms with Crippen LogP contribution < -0.4 is 4.74 Å². The second-order valence-electron chi connectivity index (χ2n) is 3.89. The van der Waals surface area contributed by atoms with Crippen molar-refractivity contribution < 1.29 is 4.74 Å². The molecule has 0 amide bonds. The molecule has 0 bridgehead atoms. The van der Waals surface area contributed by atoms with E-state index in [9.17, 15) is 5.26 Å². The fraction of sp³-hybridized carbons (Fsp3) is 0.143. The van der Waals surface area contributed by atoms with E-state index in [-0.39, 0.29) is 0 Å². The fourth-order valence-electron chi connectivity index (χ4n) is 1.81. The van der Waals surface area contributed by atoms with Crippen molar-refractivity contribution in [1.82, 2.24) is 4.98 Å². The minimum Gasteiger partial charge on any atom is -0.497 e. The van der Waals surface area contributed by atoms with Crippen LogP contribution in [0.5, 0.6) is 5.75 Å². The van der Waals surface area contributed by atoms with Crippen LogP contribution >= 0.6 is 12.2 Å². The number of hydrogen-bond acceptors (Lipinski definition) is 3. The summed E-state index contributed by atoms with van der Waals surface area (Å²) in [5.74, 6) is 0.778. The highest BCUT2D eigenvalue weighted by atomic mass is 32.1. The molecular formula is C14H12N2OS. The number of methoxy groups -OCH3 is 1. The van der Waals surface area contributed by atoms with Crippen molar-refractivity contribution in [3.05, 3.63) is 46.2 Å². The van der Waals surface area contributed by atoms with Gasteiger partial charge in [0.05, 0.1) is 12.7 Å². The molecule has 1 aromatic heterocycles. The molecule has 0 atom stereocenters. The van der Waals surface area contributed by atoms with E-state index < -0.39 is 0 Å². The first-order valence-electron chi connectivity index (χ1n) is 5.44. The number of aromatic nitrogens is 1. The van der Waals surface area contributed by atoms with Crippen LogP contribution in [0.4, 0.5) is 0 Å². The Bertz CT molecular complexity index is 666. The molecule has 0 radical (unpaired) electrons. The summed E-state index contributed by atoms with van der Waals surface area (Å²) in [7, 11) is 1.62. The molecule has 0 saturated carbocycles. The molecule has 1 N–H and O–H groups in total. The Morgan fingerprint density at radius 3 is 2.50 bits per heavy atom. The minimum atomic E-state index is 0.572. The number of ether oxygens (including phenoxy) is 1. The summed E-state index contributed by atoms with van der Waals surface area (Å²) in [6.07, 6.45) is 1.76. The normalized spacial score (nSPS) is 9.83. The first-order chi connectivity index (χ1) is 8.67. The zero-order valence-corrected chi connectivity index (χ0v) is 11.0. The molecule has 2 aromatic rings. The lowest BCUT2D eigenvalue weighted by Gasteiger charge is -2.08. The summed E-state index contributed by atoms with van der Waals surface area (Å²) in [4.78, 5) is 3.00. The highest BCUT2D eigenvalue weighted by Gasteiger charge is 2.10. The Balaban J connectivity index is 2.67. The highest BCUT2D eigenvalue weighted by Crippen LogP contribution is 2.27. The van der Waals surface area contributed by atoms with Crippen molar-refractivity contribution in [2.45, 2.75) is 6.92 Å². The van der Waals surface area contributed by atoms with Crippen molar-refractivity contribution >= 4 is 12.2 Å². The molecule has 0 spiro atoms. The summed E-state index contributed by atoms with van der Waals surface area (Å²) >= 11 is 5.27. The predicted octanol–water partition coefficient (Wildman–Crippen LogP) is 3.60. The van der Waals surface area contributed by atoms with E-state index in [0.717, 1.165) is 22.4 Å². The van der Waals surface area contributed by atoms with Crippen molar-refractivity contribution in [3.63, 3.8) is 0 Å². The molecule has 0 saturated heterocycles. The molecule has 0 fully saturated rings. The van der Waals surface area contributed by atoms with Crippen molar-refractivity contribution in [2.24, 2.45) is 0 Å². The molecule has 4 heteroatoms. The van der Waals surface area contributed by atoms with Gasteiger partial charge in [0.15, 0.2) is 0 Å². The average Bonchev–Trinajstić information content (AvgIpc) is 2.41. The third-order valence-corrected chi connectivity index (χ3v) is 3.10. The van der Waals surface area contributed by atoms with Gasteiger partial charge in [0.1, 0.15) is 16.5 Å². The number of H-pyrrole nitrogens is 1. The first kappa shape index (κ1) is 12.3. The number of hydrogen-bond donors (Lipinski definition) is 1. The molecule has 0 aliphatic carbocycles. The van der Waals surface area contributed by atoms with Gasteiger partial charge in [0, 0.05) is 11.8 Å². The Hall–Kier alpha value is -2.12. The van der Waals surface area contributed by atoms with Crippen LogP contribution in [0.1, 0.15) is 11.1 Å². The van der Waals surface area contributed by atoms with E-state index >= 15 is 0 Å². The fourth-order valence-corrected chi connectivity index (χ4v) is 2.08. The molecule has 1 heterocycles. The summed E-state index contributed by atoms with van der Waals surface area (Å²) < 4.78 is 5.69. The maximum atomic E-state index is 9.25. The summed E-state index contributed by atoms with van der Waals surface area (Å²) in [6, 6.07) is 9.73. The van der Waals surface area contributed by atoms with E-state index in [0.29, 0.717) is 10.2 Å². The third-order valence-electron chi connectivity index (χ3n) is 2.78. The maximum Gasteiger partial charge on any atom is 0.118 e. The number of benzene rings is 1. The lowest BCUT2D eigenvalue weighted by Crippen LogP contribution is -1.93. The number of aryl methyl sites for hydroxylation is 1. The zero-order valence-electron chi connectivity index (χ0n) is 10.2. The number of nitriles is 1. The largest absolute Gasteiger partial charge is 0.497 e. The molecule has 0 aliphatic rings.